The molecule has 1 rings (SSSR count). The zero-order valence-corrected chi connectivity index (χ0v) is 22.1. The smallest absolute Gasteiger partial charge is 0.383 e. The van der Waals surface area contributed by atoms with E-state index in [1.165, 1.54) is 42.1 Å². The summed E-state index contributed by atoms with van der Waals surface area (Å²) in [7, 11) is 3.99. The third kappa shape index (κ3) is 10.0. The molecule has 0 saturated heterocycles. The Morgan fingerprint density at radius 3 is 1.43 bits per heavy atom. The summed E-state index contributed by atoms with van der Waals surface area (Å²) in [4.78, 5) is 17.0. The highest BCUT2D eigenvalue weighted by molar-refractivity contribution is 5.72. The fraction of sp³-hybridized carbons (Fsp3) is 0.739. The van der Waals surface area contributed by atoms with Crippen LogP contribution in [-0.4, -0.2) is 76.2 Å². The summed E-state index contributed by atoms with van der Waals surface area (Å²) < 4.78 is 56.4. The number of carbonyl (C=O) groups is 1. The van der Waals surface area contributed by atoms with Crippen molar-refractivity contribution >= 4 is 5.97 Å². The summed E-state index contributed by atoms with van der Waals surface area (Å²) in [6.07, 6.45) is 0.217. The third-order valence-corrected chi connectivity index (χ3v) is 4.60. The van der Waals surface area contributed by atoms with Crippen molar-refractivity contribution in [2.75, 3.05) is 41.2 Å². The number of pyridine rings is 1. The van der Waals surface area contributed by atoms with E-state index < -0.39 is 30.0 Å². The molecule has 12 heteroatoms. The van der Waals surface area contributed by atoms with Gasteiger partial charge in [-0.3, -0.25) is 9.78 Å². The van der Waals surface area contributed by atoms with Crippen LogP contribution in [0, 0.1) is 0 Å². The van der Waals surface area contributed by atoms with E-state index in [1.807, 2.05) is 0 Å². The average Bonchev–Trinajstić information content (AvgIpc) is 2.79. The standard InChI is InChI=1S/C23H39NO11/c1-10-29-20(4,26-7)33-23(34-21(5,27-8)30-11-2,35-22(6,28-9)31-12-3)32-19(25)17-18-13-15-24-16-14-18/h13-16H,10-12,17H2,1-9H3. The fourth-order valence-electron chi connectivity index (χ4n) is 2.83. The van der Waals surface area contributed by atoms with E-state index in [9.17, 15) is 4.79 Å². The van der Waals surface area contributed by atoms with Crippen molar-refractivity contribution in [3.05, 3.63) is 30.1 Å². The summed E-state index contributed by atoms with van der Waals surface area (Å²) in [6, 6.07) is 3.31. The quantitative estimate of drug-likeness (QED) is 0.215. The van der Waals surface area contributed by atoms with Gasteiger partial charge in [0.1, 0.15) is 0 Å². The van der Waals surface area contributed by atoms with E-state index in [4.69, 9.17) is 47.4 Å². The van der Waals surface area contributed by atoms with E-state index >= 15 is 0 Å². The van der Waals surface area contributed by atoms with Crippen molar-refractivity contribution in [3.8, 4) is 0 Å². The van der Waals surface area contributed by atoms with E-state index in [2.05, 4.69) is 4.98 Å². The Morgan fingerprint density at radius 1 is 0.743 bits per heavy atom. The number of nitrogens with zero attached hydrogens (tertiary/aromatic N) is 1. The molecule has 0 amide bonds. The molecule has 0 aliphatic heterocycles. The molecule has 0 spiro atoms. The maximum absolute atomic E-state index is 13.1. The van der Waals surface area contributed by atoms with E-state index in [0.29, 0.717) is 5.56 Å². The Balaban J connectivity index is 3.57. The van der Waals surface area contributed by atoms with Gasteiger partial charge in [-0.05, 0) is 38.5 Å². The second-order valence-corrected chi connectivity index (χ2v) is 7.31. The van der Waals surface area contributed by atoms with Crippen LogP contribution in [0.15, 0.2) is 24.5 Å². The van der Waals surface area contributed by atoms with Crippen LogP contribution in [0.25, 0.3) is 0 Å². The van der Waals surface area contributed by atoms with Gasteiger partial charge in [0.15, 0.2) is 0 Å². The van der Waals surface area contributed by atoms with Gasteiger partial charge in [0.25, 0.3) is 17.9 Å². The minimum atomic E-state index is -2.70. The number of hydrogen-bond donors (Lipinski definition) is 0. The zero-order chi connectivity index (χ0) is 26.6. The first-order chi connectivity index (χ1) is 16.5. The predicted octanol–water partition coefficient (Wildman–Crippen LogP) is 2.90. The van der Waals surface area contributed by atoms with Gasteiger partial charge >= 0.3 is 12.1 Å². The molecule has 1 aromatic rings. The number of rotatable bonds is 18. The van der Waals surface area contributed by atoms with Gasteiger partial charge in [0.05, 0.1) is 6.42 Å². The van der Waals surface area contributed by atoms with Gasteiger partial charge in [0, 0.05) is 74.3 Å². The number of carbonyl (C=O) groups excluding carboxylic acids is 1. The van der Waals surface area contributed by atoms with E-state index in [0.717, 1.165) is 0 Å². The van der Waals surface area contributed by atoms with Crippen LogP contribution in [-0.2, 0) is 58.6 Å². The minimum absolute atomic E-state index is 0.171. The number of hydrogen-bond acceptors (Lipinski definition) is 12. The second kappa shape index (κ2) is 14.1. The van der Waals surface area contributed by atoms with Crippen molar-refractivity contribution in [2.45, 2.75) is 72.0 Å². The Hall–Kier alpha value is -1.74. The fourth-order valence-corrected chi connectivity index (χ4v) is 2.83. The molecular weight excluding hydrogens is 466 g/mol. The van der Waals surface area contributed by atoms with Crippen LogP contribution < -0.4 is 0 Å². The third-order valence-electron chi connectivity index (χ3n) is 4.60. The highest BCUT2D eigenvalue weighted by Gasteiger charge is 2.56. The summed E-state index contributed by atoms with van der Waals surface area (Å²) in [5, 5.41) is 0. The SMILES string of the molecule is CCOC(C)(OC)OC(OC(=O)Cc1ccncc1)(OC(C)(OC)OCC)OC(C)(OC)OCC. The lowest BCUT2D eigenvalue weighted by Crippen LogP contribution is -2.60. The van der Waals surface area contributed by atoms with Crippen LogP contribution in [0.2, 0.25) is 0 Å². The first-order valence-corrected chi connectivity index (χ1v) is 11.2. The lowest BCUT2D eigenvalue weighted by molar-refractivity contribution is -0.635. The molecule has 0 aromatic carbocycles. The van der Waals surface area contributed by atoms with Crippen molar-refractivity contribution in [2.24, 2.45) is 0 Å². The highest BCUT2D eigenvalue weighted by Crippen LogP contribution is 2.36. The summed E-state index contributed by atoms with van der Waals surface area (Å²) in [5.74, 6) is -6.23. The van der Waals surface area contributed by atoms with Gasteiger partial charge in [-0.1, -0.05) is 0 Å². The molecule has 0 N–H and O–H groups in total. The average molecular weight is 506 g/mol. The Morgan fingerprint density at radius 2 is 1.11 bits per heavy atom. The molecular formula is C23H39NO11. The molecule has 0 aliphatic rings. The molecule has 3 atom stereocenters. The molecule has 1 heterocycles. The molecule has 0 aliphatic carbocycles. The summed E-state index contributed by atoms with van der Waals surface area (Å²) in [5.41, 5.74) is 0.622. The molecule has 35 heavy (non-hydrogen) atoms. The van der Waals surface area contributed by atoms with Gasteiger partial charge in [-0.2, -0.15) is 0 Å². The van der Waals surface area contributed by atoms with E-state index in [1.54, 1.807) is 45.3 Å². The summed E-state index contributed by atoms with van der Waals surface area (Å²) in [6.45, 7) is 9.98. The van der Waals surface area contributed by atoms with Crippen molar-refractivity contribution in [1.82, 2.24) is 4.98 Å². The highest BCUT2D eigenvalue weighted by atomic mass is 17.1. The first-order valence-electron chi connectivity index (χ1n) is 11.2. The Labute approximate surface area is 207 Å². The van der Waals surface area contributed by atoms with Gasteiger partial charge in [-0.25, -0.2) is 14.2 Å². The largest absolute Gasteiger partial charge is 0.475 e. The molecule has 12 nitrogen and oxygen atoms in total. The molecule has 0 radical (unpaired) electrons. The maximum Gasteiger partial charge on any atom is 0.475 e. The van der Waals surface area contributed by atoms with Crippen molar-refractivity contribution in [1.29, 1.82) is 0 Å². The Bertz CT molecular complexity index is 697. The number of ether oxygens (including phenoxy) is 10. The van der Waals surface area contributed by atoms with Crippen LogP contribution in [0.3, 0.4) is 0 Å². The molecule has 0 saturated carbocycles. The topological polar surface area (TPSA) is 122 Å². The van der Waals surface area contributed by atoms with Gasteiger partial charge in [-0.15, -0.1) is 0 Å². The lowest BCUT2D eigenvalue weighted by atomic mass is 10.2. The van der Waals surface area contributed by atoms with Crippen LogP contribution in [0.4, 0.5) is 0 Å². The predicted molar refractivity (Wildman–Crippen MR) is 121 cm³/mol. The molecule has 0 fully saturated rings. The van der Waals surface area contributed by atoms with Gasteiger partial charge < -0.3 is 33.2 Å². The minimum Gasteiger partial charge on any atom is -0.383 e. The van der Waals surface area contributed by atoms with Crippen LogP contribution >= 0.6 is 0 Å². The van der Waals surface area contributed by atoms with Crippen LogP contribution in [0.5, 0.6) is 0 Å². The number of aromatic nitrogens is 1. The zero-order valence-electron chi connectivity index (χ0n) is 22.1. The monoisotopic (exact) mass is 505 g/mol. The van der Waals surface area contributed by atoms with Crippen molar-refractivity contribution < 1.29 is 52.2 Å². The second-order valence-electron chi connectivity index (χ2n) is 7.31. The van der Waals surface area contributed by atoms with E-state index in [-0.39, 0.29) is 26.2 Å². The summed E-state index contributed by atoms with van der Waals surface area (Å²) >= 11 is 0. The maximum atomic E-state index is 13.1. The Kier molecular flexibility index (Phi) is 12.6. The van der Waals surface area contributed by atoms with Crippen molar-refractivity contribution in [3.63, 3.8) is 0 Å². The molecule has 202 valence electrons. The number of esters is 1. The van der Waals surface area contributed by atoms with Gasteiger partial charge in [0.2, 0.25) is 0 Å². The lowest BCUT2D eigenvalue weighted by Gasteiger charge is -2.44. The normalized spacial score (nSPS) is 18.7. The number of methoxy groups -OCH3 is 3. The van der Waals surface area contributed by atoms with Crippen LogP contribution in [0.1, 0.15) is 47.1 Å². The molecule has 0 bridgehead atoms. The first kappa shape index (κ1) is 31.3. The molecule has 3 unspecified atom stereocenters. The molecule has 1 aromatic heterocycles.